The van der Waals surface area contributed by atoms with E-state index in [2.05, 4.69) is 78.9 Å². The summed E-state index contributed by atoms with van der Waals surface area (Å²) in [6.45, 7) is 0. The van der Waals surface area contributed by atoms with Crippen molar-refractivity contribution in [3.05, 3.63) is 78.4 Å². The first kappa shape index (κ1) is 11.0. The summed E-state index contributed by atoms with van der Waals surface area (Å²) >= 11 is 0. The van der Waals surface area contributed by atoms with Gasteiger partial charge in [-0.25, -0.2) is 0 Å². The van der Waals surface area contributed by atoms with Gasteiger partial charge in [0.2, 0.25) is 0 Å². The molecule has 1 aliphatic carbocycles. The molecular formula is C18H16. The Hall–Kier alpha value is -2.08. The molecule has 18 heavy (non-hydrogen) atoms. The Morgan fingerprint density at radius 3 is 2.67 bits per heavy atom. The summed E-state index contributed by atoms with van der Waals surface area (Å²) in [7, 11) is 0. The molecule has 0 amide bonds. The monoisotopic (exact) mass is 232 g/mol. The van der Waals surface area contributed by atoms with Crippen molar-refractivity contribution in [1.82, 2.24) is 0 Å². The largest absolute Gasteiger partial charge is 0.0837 e. The fourth-order valence-electron chi connectivity index (χ4n) is 2.29. The maximum absolute atomic E-state index is 2.28. The highest BCUT2D eigenvalue weighted by atomic mass is 14.0. The fraction of sp³-hybridized carbons (Fsp3) is 0.111. The number of hydrogen-bond acceptors (Lipinski definition) is 0. The van der Waals surface area contributed by atoms with Crippen LogP contribution in [0.2, 0.25) is 0 Å². The van der Waals surface area contributed by atoms with Crippen molar-refractivity contribution in [1.29, 1.82) is 0 Å². The zero-order valence-electron chi connectivity index (χ0n) is 10.3. The van der Waals surface area contributed by atoms with Crippen molar-refractivity contribution in [3.8, 4) is 0 Å². The van der Waals surface area contributed by atoms with E-state index < -0.39 is 0 Å². The Kier molecular flexibility index (Phi) is 3.10. The second-order valence-electron chi connectivity index (χ2n) is 4.68. The van der Waals surface area contributed by atoms with Crippen LogP contribution in [0.5, 0.6) is 0 Å². The predicted octanol–water partition coefficient (Wildman–Crippen LogP) is 4.99. The average molecular weight is 232 g/mol. The van der Waals surface area contributed by atoms with Gasteiger partial charge >= 0.3 is 0 Å². The van der Waals surface area contributed by atoms with Gasteiger partial charge in [-0.05, 0) is 34.7 Å². The topological polar surface area (TPSA) is 0 Å². The third kappa shape index (κ3) is 2.43. The zero-order valence-corrected chi connectivity index (χ0v) is 10.3. The molecule has 0 N–H and O–H groups in total. The number of benzene rings is 2. The van der Waals surface area contributed by atoms with Gasteiger partial charge in [-0.15, -0.1) is 0 Å². The van der Waals surface area contributed by atoms with Gasteiger partial charge < -0.3 is 0 Å². The standard InChI is InChI=1S/C18H16/c1-2-6-15(7-3-1)10-11-16-12-13-17-8-4-5-9-18(17)14-16/h1-6,8-15H,7H2/b11-10-. The van der Waals surface area contributed by atoms with E-state index in [-0.39, 0.29) is 0 Å². The van der Waals surface area contributed by atoms with Crippen molar-refractivity contribution in [2.45, 2.75) is 6.42 Å². The lowest BCUT2D eigenvalue weighted by Crippen LogP contribution is -1.91. The van der Waals surface area contributed by atoms with Crippen molar-refractivity contribution < 1.29 is 0 Å². The van der Waals surface area contributed by atoms with Crippen molar-refractivity contribution in [2.75, 3.05) is 0 Å². The molecule has 0 saturated carbocycles. The minimum Gasteiger partial charge on any atom is -0.0837 e. The van der Waals surface area contributed by atoms with Gasteiger partial charge in [-0.3, -0.25) is 0 Å². The van der Waals surface area contributed by atoms with Crippen molar-refractivity contribution >= 4 is 16.8 Å². The van der Waals surface area contributed by atoms with Gasteiger partial charge in [0.25, 0.3) is 0 Å². The van der Waals surface area contributed by atoms with E-state index in [1.807, 2.05) is 0 Å². The van der Waals surface area contributed by atoms with Crippen LogP contribution >= 0.6 is 0 Å². The molecule has 1 unspecified atom stereocenters. The summed E-state index contributed by atoms with van der Waals surface area (Å²) < 4.78 is 0. The van der Waals surface area contributed by atoms with Crippen LogP contribution in [-0.2, 0) is 0 Å². The van der Waals surface area contributed by atoms with E-state index in [9.17, 15) is 0 Å². The Bertz CT molecular complexity index is 629. The summed E-state index contributed by atoms with van der Waals surface area (Å²) in [6.07, 6.45) is 14.3. The van der Waals surface area contributed by atoms with E-state index in [0.717, 1.165) is 6.42 Å². The van der Waals surface area contributed by atoms with Crippen LogP contribution in [0.25, 0.3) is 16.8 Å². The third-order valence-electron chi connectivity index (χ3n) is 3.32. The predicted molar refractivity (Wildman–Crippen MR) is 79.4 cm³/mol. The van der Waals surface area contributed by atoms with E-state index >= 15 is 0 Å². The third-order valence-corrected chi connectivity index (χ3v) is 3.32. The Labute approximate surface area is 108 Å². The molecule has 0 aromatic heterocycles. The lowest BCUT2D eigenvalue weighted by atomic mass is 9.99. The average Bonchev–Trinajstić information content (AvgIpc) is 2.46. The maximum atomic E-state index is 2.28. The molecule has 1 aliphatic rings. The van der Waals surface area contributed by atoms with Crippen LogP contribution in [0.15, 0.2) is 72.8 Å². The van der Waals surface area contributed by atoms with Crippen molar-refractivity contribution in [3.63, 3.8) is 0 Å². The molecule has 88 valence electrons. The van der Waals surface area contributed by atoms with Crippen LogP contribution in [0, 0.1) is 5.92 Å². The molecule has 0 spiro atoms. The summed E-state index contributed by atoms with van der Waals surface area (Å²) in [5.41, 5.74) is 1.27. The fourth-order valence-corrected chi connectivity index (χ4v) is 2.29. The van der Waals surface area contributed by atoms with Gasteiger partial charge in [-0.1, -0.05) is 72.9 Å². The molecule has 0 bridgehead atoms. The minimum absolute atomic E-state index is 0.543. The minimum atomic E-state index is 0.543. The molecule has 0 aliphatic heterocycles. The Morgan fingerprint density at radius 2 is 1.83 bits per heavy atom. The Morgan fingerprint density at radius 1 is 0.944 bits per heavy atom. The number of hydrogen-bond donors (Lipinski definition) is 0. The lowest BCUT2D eigenvalue weighted by molar-refractivity contribution is 0.826. The lowest BCUT2D eigenvalue weighted by Gasteiger charge is -2.07. The summed E-state index contributed by atoms with van der Waals surface area (Å²) in [5, 5.41) is 2.61. The first-order valence-corrected chi connectivity index (χ1v) is 6.42. The molecule has 0 saturated heterocycles. The highest BCUT2D eigenvalue weighted by Crippen LogP contribution is 2.19. The number of rotatable bonds is 2. The van der Waals surface area contributed by atoms with E-state index in [0.29, 0.717) is 5.92 Å². The second kappa shape index (κ2) is 5.05. The maximum Gasteiger partial charge on any atom is -0.00124 e. The highest BCUT2D eigenvalue weighted by Gasteiger charge is 2.00. The van der Waals surface area contributed by atoms with Gasteiger partial charge in [0, 0.05) is 0 Å². The van der Waals surface area contributed by atoms with Crippen molar-refractivity contribution in [2.24, 2.45) is 5.92 Å². The Balaban J connectivity index is 1.84. The molecular weight excluding hydrogens is 216 g/mol. The summed E-state index contributed by atoms with van der Waals surface area (Å²) in [6, 6.07) is 15.1. The van der Waals surface area contributed by atoms with Gasteiger partial charge in [0.15, 0.2) is 0 Å². The smallest absolute Gasteiger partial charge is 0.00124 e. The van der Waals surface area contributed by atoms with Crippen LogP contribution in [-0.4, -0.2) is 0 Å². The summed E-state index contributed by atoms with van der Waals surface area (Å²) in [5.74, 6) is 0.543. The molecule has 0 heteroatoms. The van der Waals surface area contributed by atoms with Crippen LogP contribution < -0.4 is 0 Å². The SMILES string of the molecule is C1=CCC(/C=C\c2ccc3ccccc3c2)C=C1. The van der Waals surface area contributed by atoms with Gasteiger partial charge in [0.1, 0.15) is 0 Å². The summed E-state index contributed by atoms with van der Waals surface area (Å²) in [4.78, 5) is 0. The zero-order chi connectivity index (χ0) is 12.2. The normalized spacial score (nSPS) is 18.8. The molecule has 2 aromatic carbocycles. The second-order valence-corrected chi connectivity index (χ2v) is 4.68. The number of fused-ring (bicyclic) bond motifs is 1. The quantitative estimate of drug-likeness (QED) is 0.684. The molecule has 3 rings (SSSR count). The first-order chi connectivity index (χ1) is 8.92. The molecule has 0 fully saturated rings. The molecule has 1 atom stereocenters. The first-order valence-electron chi connectivity index (χ1n) is 6.42. The molecule has 2 aromatic rings. The van der Waals surface area contributed by atoms with Crippen LogP contribution in [0.1, 0.15) is 12.0 Å². The van der Waals surface area contributed by atoms with E-state index in [1.54, 1.807) is 0 Å². The van der Waals surface area contributed by atoms with Gasteiger partial charge in [0.05, 0.1) is 0 Å². The van der Waals surface area contributed by atoms with E-state index in [4.69, 9.17) is 0 Å². The number of allylic oxidation sites excluding steroid dienone is 5. The molecule has 0 radical (unpaired) electrons. The molecule has 0 heterocycles. The van der Waals surface area contributed by atoms with Crippen LogP contribution in [0.4, 0.5) is 0 Å². The van der Waals surface area contributed by atoms with Gasteiger partial charge in [-0.2, -0.15) is 0 Å². The van der Waals surface area contributed by atoms with E-state index in [1.165, 1.54) is 16.3 Å². The molecule has 0 nitrogen and oxygen atoms in total. The highest BCUT2D eigenvalue weighted by molar-refractivity contribution is 5.84. The van der Waals surface area contributed by atoms with Crippen LogP contribution in [0.3, 0.4) is 0 Å².